The highest BCUT2D eigenvalue weighted by atomic mass is 19.1. The normalized spacial score (nSPS) is 21.1. The molecular formula is C16H22FNO. The van der Waals surface area contributed by atoms with E-state index in [1.54, 1.807) is 12.1 Å². The number of hydrogen-bond acceptors (Lipinski definition) is 2. The highest BCUT2D eigenvalue weighted by molar-refractivity contribution is 5.96. The third-order valence-corrected chi connectivity index (χ3v) is 3.91. The van der Waals surface area contributed by atoms with Crippen molar-refractivity contribution >= 4 is 5.78 Å². The summed E-state index contributed by atoms with van der Waals surface area (Å²) in [6, 6.07) is 5.98. The van der Waals surface area contributed by atoms with Crippen molar-refractivity contribution in [2.24, 2.45) is 5.92 Å². The molecule has 1 fully saturated rings. The molecule has 0 aromatic heterocycles. The zero-order valence-corrected chi connectivity index (χ0v) is 11.6. The number of ketones is 1. The summed E-state index contributed by atoms with van der Waals surface area (Å²) in [7, 11) is 0. The molecule has 0 bridgehead atoms. The molecule has 2 nitrogen and oxygen atoms in total. The maximum absolute atomic E-state index is 13.1. The van der Waals surface area contributed by atoms with Gasteiger partial charge in [0, 0.05) is 18.5 Å². The summed E-state index contributed by atoms with van der Waals surface area (Å²) in [4.78, 5) is 14.4. The fourth-order valence-electron chi connectivity index (χ4n) is 2.61. The van der Waals surface area contributed by atoms with E-state index in [9.17, 15) is 9.18 Å². The number of rotatable bonds is 4. The van der Waals surface area contributed by atoms with Gasteiger partial charge in [-0.3, -0.25) is 4.79 Å². The van der Waals surface area contributed by atoms with Gasteiger partial charge in [-0.2, -0.15) is 0 Å². The van der Waals surface area contributed by atoms with Crippen molar-refractivity contribution in [3.05, 3.63) is 35.6 Å². The van der Waals surface area contributed by atoms with Crippen LogP contribution in [0.5, 0.6) is 0 Å². The lowest BCUT2D eigenvalue weighted by Gasteiger charge is -2.19. The van der Waals surface area contributed by atoms with Crippen LogP contribution >= 0.6 is 0 Å². The molecule has 1 heterocycles. The summed E-state index contributed by atoms with van der Waals surface area (Å²) in [5.41, 5.74) is 0.489. The molecule has 1 aromatic rings. The Balaban J connectivity index is 1.83. The topological polar surface area (TPSA) is 20.3 Å². The third-order valence-electron chi connectivity index (χ3n) is 3.91. The second kappa shape index (κ2) is 6.80. The highest BCUT2D eigenvalue weighted by Crippen LogP contribution is 2.17. The largest absolute Gasteiger partial charge is 0.303 e. The molecular weight excluding hydrogens is 241 g/mol. The van der Waals surface area contributed by atoms with Crippen LogP contribution in [0.2, 0.25) is 0 Å². The lowest BCUT2D eigenvalue weighted by molar-refractivity contribution is 0.0964. The van der Waals surface area contributed by atoms with Gasteiger partial charge in [0.1, 0.15) is 5.82 Å². The van der Waals surface area contributed by atoms with E-state index in [2.05, 4.69) is 11.8 Å². The average molecular weight is 263 g/mol. The Morgan fingerprint density at radius 3 is 3.00 bits per heavy atom. The van der Waals surface area contributed by atoms with E-state index in [1.165, 1.54) is 31.4 Å². The number of Topliss-reactive ketones (excluding diaryl/α,β-unsaturated/α-hetero) is 1. The van der Waals surface area contributed by atoms with E-state index in [0.29, 0.717) is 12.0 Å². The summed E-state index contributed by atoms with van der Waals surface area (Å²) < 4.78 is 13.1. The Labute approximate surface area is 114 Å². The first-order valence-corrected chi connectivity index (χ1v) is 7.16. The number of benzene rings is 1. The smallest absolute Gasteiger partial charge is 0.164 e. The Morgan fingerprint density at radius 1 is 1.37 bits per heavy atom. The maximum Gasteiger partial charge on any atom is 0.164 e. The van der Waals surface area contributed by atoms with Crippen LogP contribution in [0, 0.1) is 11.7 Å². The van der Waals surface area contributed by atoms with Crippen LogP contribution < -0.4 is 0 Å². The molecule has 0 radical (unpaired) electrons. The van der Waals surface area contributed by atoms with E-state index in [-0.39, 0.29) is 11.6 Å². The minimum absolute atomic E-state index is 0.0387. The van der Waals surface area contributed by atoms with Crippen molar-refractivity contribution in [1.82, 2.24) is 4.90 Å². The summed E-state index contributed by atoms with van der Waals surface area (Å²) in [6.45, 7) is 5.25. The third kappa shape index (κ3) is 4.43. The molecule has 2 rings (SSSR count). The zero-order valence-electron chi connectivity index (χ0n) is 11.6. The Morgan fingerprint density at radius 2 is 2.21 bits per heavy atom. The van der Waals surface area contributed by atoms with Gasteiger partial charge in [0.05, 0.1) is 0 Å². The highest BCUT2D eigenvalue weighted by Gasteiger charge is 2.15. The SMILES string of the molecule is CC1CCCN(CCC(=O)c2cccc(F)c2)CC1. The van der Waals surface area contributed by atoms with Crippen LogP contribution in [-0.4, -0.2) is 30.3 Å². The summed E-state index contributed by atoms with van der Waals surface area (Å²) in [5.74, 6) is 0.496. The number of hydrogen-bond donors (Lipinski definition) is 0. The van der Waals surface area contributed by atoms with Gasteiger partial charge in [0.15, 0.2) is 5.78 Å². The van der Waals surface area contributed by atoms with Crippen molar-refractivity contribution in [2.75, 3.05) is 19.6 Å². The van der Waals surface area contributed by atoms with Crippen molar-refractivity contribution < 1.29 is 9.18 Å². The van der Waals surface area contributed by atoms with Crippen molar-refractivity contribution in [3.8, 4) is 0 Å². The van der Waals surface area contributed by atoms with Crippen LogP contribution in [0.25, 0.3) is 0 Å². The summed E-state index contributed by atoms with van der Waals surface area (Å²) >= 11 is 0. The second-order valence-electron chi connectivity index (χ2n) is 5.56. The number of carbonyl (C=O) groups excluding carboxylic acids is 1. The van der Waals surface area contributed by atoms with Crippen molar-refractivity contribution in [2.45, 2.75) is 32.6 Å². The Kier molecular flexibility index (Phi) is 5.08. The van der Waals surface area contributed by atoms with Gasteiger partial charge in [0.25, 0.3) is 0 Å². The van der Waals surface area contributed by atoms with E-state index >= 15 is 0 Å². The van der Waals surface area contributed by atoms with Gasteiger partial charge in [-0.05, 0) is 50.4 Å². The fraction of sp³-hybridized carbons (Fsp3) is 0.562. The molecule has 1 aromatic carbocycles. The van der Waals surface area contributed by atoms with E-state index in [4.69, 9.17) is 0 Å². The monoisotopic (exact) mass is 263 g/mol. The minimum atomic E-state index is -0.338. The maximum atomic E-state index is 13.1. The number of likely N-dealkylation sites (tertiary alicyclic amines) is 1. The van der Waals surface area contributed by atoms with Crippen LogP contribution in [0.3, 0.4) is 0 Å². The predicted molar refractivity (Wildman–Crippen MR) is 74.8 cm³/mol. The van der Waals surface area contributed by atoms with Crippen LogP contribution in [0.4, 0.5) is 4.39 Å². The minimum Gasteiger partial charge on any atom is -0.303 e. The van der Waals surface area contributed by atoms with Gasteiger partial charge in [-0.1, -0.05) is 19.1 Å². The summed E-state index contributed by atoms with van der Waals surface area (Å²) in [6.07, 6.45) is 4.20. The first-order chi connectivity index (χ1) is 9.15. The number of halogens is 1. The molecule has 1 saturated heterocycles. The predicted octanol–water partition coefficient (Wildman–Crippen LogP) is 3.52. The van der Waals surface area contributed by atoms with Crippen molar-refractivity contribution in [1.29, 1.82) is 0 Å². The van der Waals surface area contributed by atoms with Gasteiger partial charge in [-0.15, -0.1) is 0 Å². The van der Waals surface area contributed by atoms with Crippen LogP contribution in [0.1, 0.15) is 43.0 Å². The molecule has 104 valence electrons. The molecule has 1 aliphatic rings. The first-order valence-electron chi connectivity index (χ1n) is 7.16. The zero-order chi connectivity index (χ0) is 13.7. The molecule has 3 heteroatoms. The second-order valence-corrected chi connectivity index (χ2v) is 5.56. The van der Waals surface area contributed by atoms with Gasteiger partial charge < -0.3 is 4.90 Å². The quantitative estimate of drug-likeness (QED) is 0.775. The average Bonchev–Trinajstić information content (AvgIpc) is 2.61. The Hall–Kier alpha value is -1.22. The molecule has 1 aliphatic heterocycles. The first kappa shape index (κ1) is 14.2. The van der Waals surface area contributed by atoms with Crippen LogP contribution in [0.15, 0.2) is 24.3 Å². The molecule has 0 saturated carbocycles. The van der Waals surface area contributed by atoms with Gasteiger partial charge >= 0.3 is 0 Å². The molecule has 0 aliphatic carbocycles. The number of carbonyl (C=O) groups is 1. The lowest BCUT2D eigenvalue weighted by Crippen LogP contribution is -2.27. The molecule has 1 unspecified atom stereocenters. The van der Waals surface area contributed by atoms with Crippen molar-refractivity contribution in [3.63, 3.8) is 0 Å². The molecule has 0 N–H and O–H groups in total. The van der Waals surface area contributed by atoms with Crippen LogP contribution in [-0.2, 0) is 0 Å². The van der Waals surface area contributed by atoms with Gasteiger partial charge in [-0.25, -0.2) is 4.39 Å². The Bertz CT molecular complexity index is 433. The standard InChI is InChI=1S/C16H22FNO/c1-13-4-3-9-18(10-7-13)11-8-16(19)14-5-2-6-15(17)12-14/h2,5-6,12-13H,3-4,7-11H2,1H3. The molecule has 19 heavy (non-hydrogen) atoms. The fourth-order valence-corrected chi connectivity index (χ4v) is 2.61. The van der Waals surface area contributed by atoms with E-state index in [1.807, 2.05) is 0 Å². The molecule has 0 spiro atoms. The summed E-state index contributed by atoms with van der Waals surface area (Å²) in [5, 5.41) is 0. The van der Waals surface area contributed by atoms with E-state index < -0.39 is 0 Å². The molecule has 1 atom stereocenters. The van der Waals surface area contributed by atoms with Gasteiger partial charge in [0.2, 0.25) is 0 Å². The lowest BCUT2D eigenvalue weighted by atomic mass is 10.0. The molecule has 0 amide bonds. The van der Waals surface area contributed by atoms with E-state index in [0.717, 1.165) is 25.6 Å². The number of nitrogens with zero attached hydrogens (tertiary/aromatic N) is 1.